The van der Waals surface area contributed by atoms with Crippen LogP contribution in [0.5, 0.6) is 5.75 Å². The van der Waals surface area contributed by atoms with Crippen molar-refractivity contribution in [2.75, 3.05) is 0 Å². The van der Waals surface area contributed by atoms with Gasteiger partial charge in [0.2, 0.25) is 9.04 Å². The van der Waals surface area contributed by atoms with Crippen molar-refractivity contribution in [2.45, 2.75) is 20.0 Å². The third-order valence-corrected chi connectivity index (χ3v) is 4.34. The Kier molecular flexibility index (Phi) is 5.35. The van der Waals surface area contributed by atoms with Gasteiger partial charge in [0.05, 0.1) is 0 Å². The average molecular weight is 347 g/mol. The van der Waals surface area contributed by atoms with E-state index in [9.17, 15) is 0 Å². The van der Waals surface area contributed by atoms with Gasteiger partial charge in [-0.1, -0.05) is 42.5 Å². The van der Waals surface area contributed by atoms with Gasteiger partial charge in [0.25, 0.3) is 0 Å². The molecule has 1 aromatic heterocycles. The van der Waals surface area contributed by atoms with E-state index in [-0.39, 0.29) is 0 Å². The topological polar surface area (TPSA) is 47.4 Å². The van der Waals surface area contributed by atoms with Crippen molar-refractivity contribution in [3.05, 3.63) is 83.9 Å². The molecule has 25 heavy (non-hydrogen) atoms. The molecule has 3 rings (SSSR count). The van der Waals surface area contributed by atoms with Crippen LogP contribution in [0.15, 0.2) is 72.0 Å². The number of hydrogen-bond acceptors (Lipinski definition) is 4. The van der Waals surface area contributed by atoms with Crippen molar-refractivity contribution < 1.29 is 4.43 Å². The molecule has 0 aliphatic carbocycles. The highest BCUT2D eigenvalue weighted by Gasteiger charge is 2.14. The predicted molar refractivity (Wildman–Crippen MR) is 104 cm³/mol. The molecule has 3 aromatic rings. The normalized spacial score (nSPS) is 11.6. The van der Waals surface area contributed by atoms with Gasteiger partial charge in [-0.15, -0.1) is 0 Å². The zero-order valence-electron chi connectivity index (χ0n) is 14.7. The van der Waals surface area contributed by atoms with E-state index in [0.717, 1.165) is 28.3 Å². The zero-order valence-corrected chi connectivity index (χ0v) is 15.8. The first kappa shape index (κ1) is 17.0. The van der Waals surface area contributed by atoms with E-state index in [1.807, 2.05) is 55.5 Å². The Morgan fingerprint density at radius 3 is 2.32 bits per heavy atom. The van der Waals surface area contributed by atoms with E-state index < -0.39 is 9.04 Å². The first-order valence-electron chi connectivity index (χ1n) is 8.33. The molecule has 0 saturated carbocycles. The Bertz CT molecular complexity index is 823. The fourth-order valence-electron chi connectivity index (χ4n) is 2.50. The van der Waals surface area contributed by atoms with E-state index in [1.165, 1.54) is 0 Å². The fraction of sp³-hybridized carbons (Fsp3) is 0.150. The van der Waals surface area contributed by atoms with Crippen LogP contribution in [0.2, 0.25) is 13.1 Å². The monoisotopic (exact) mass is 347 g/mol. The fourth-order valence-corrected chi connectivity index (χ4v) is 3.20. The summed E-state index contributed by atoms with van der Waals surface area (Å²) in [5, 5.41) is 0. The van der Waals surface area contributed by atoms with Crippen molar-refractivity contribution >= 4 is 20.4 Å². The zero-order chi connectivity index (χ0) is 17.6. The minimum Gasteiger partial charge on any atom is -0.546 e. The van der Waals surface area contributed by atoms with Gasteiger partial charge >= 0.3 is 0 Å². The molecule has 5 heteroatoms. The van der Waals surface area contributed by atoms with Crippen molar-refractivity contribution in [1.82, 2.24) is 9.97 Å². The quantitative estimate of drug-likeness (QED) is 0.510. The largest absolute Gasteiger partial charge is 0.546 e. The molecular weight excluding hydrogens is 326 g/mol. The van der Waals surface area contributed by atoms with E-state index in [1.54, 1.807) is 18.5 Å². The number of para-hydroxylation sites is 1. The molecule has 4 nitrogen and oxygen atoms in total. The van der Waals surface area contributed by atoms with E-state index >= 15 is 0 Å². The Morgan fingerprint density at radius 2 is 1.64 bits per heavy atom. The summed E-state index contributed by atoms with van der Waals surface area (Å²) in [5.41, 5.74) is 3.63. The molecule has 0 amide bonds. The minimum absolute atomic E-state index is 0.602. The molecule has 0 saturated heterocycles. The molecule has 2 aromatic carbocycles. The van der Waals surface area contributed by atoms with Gasteiger partial charge in [-0.05, 0) is 37.7 Å². The SMILES string of the molecule is Cc1cccc(O[SiH](C)C)c1N=C(c1ccccc1)c1ncccn1. The molecule has 0 spiro atoms. The number of hydrogen-bond donors (Lipinski definition) is 0. The van der Waals surface area contributed by atoms with E-state index in [0.29, 0.717) is 5.82 Å². The maximum atomic E-state index is 6.09. The molecule has 0 radical (unpaired) electrons. The standard InChI is InChI=1S/C20H21N3OSi/c1-15-9-7-12-17(24-25(2)3)18(15)23-19(16-10-5-4-6-11-16)20-21-13-8-14-22-20/h4-14,25H,1-3H3. The highest BCUT2D eigenvalue weighted by atomic mass is 28.3. The number of aliphatic imine (C=N–C) groups is 1. The Hall–Kier alpha value is -2.79. The summed E-state index contributed by atoms with van der Waals surface area (Å²) in [7, 11) is -1.24. The Morgan fingerprint density at radius 1 is 0.920 bits per heavy atom. The van der Waals surface area contributed by atoms with Crippen LogP contribution in [0.4, 0.5) is 5.69 Å². The molecule has 0 bridgehead atoms. The van der Waals surface area contributed by atoms with Crippen molar-refractivity contribution in [2.24, 2.45) is 4.99 Å². The first-order chi connectivity index (χ1) is 12.1. The molecule has 0 N–H and O–H groups in total. The van der Waals surface area contributed by atoms with Gasteiger partial charge in [0.15, 0.2) is 5.82 Å². The smallest absolute Gasteiger partial charge is 0.229 e. The van der Waals surface area contributed by atoms with Crippen molar-refractivity contribution in [3.8, 4) is 5.75 Å². The second-order valence-electron chi connectivity index (χ2n) is 5.99. The second kappa shape index (κ2) is 7.85. The summed E-state index contributed by atoms with van der Waals surface area (Å²) in [6, 6.07) is 17.8. The number of benzene rings is 2. The number of rotatable bonds is 5. The maximum absolute atomic E-state index is 6.09. The van der Waals surface area contributed by atoms with Crippen molar-refractivity contribution in [3.63, 3.8) is 0 Å². The molecule has 0 aliphatic rings. The molecule has 0 atom stereocenters. The molecule has 1 heterocycles. The number of nitrogens with zero attached hydrogens (tertiary/aromatic N) is 3. The van der Waals surface area contributed by atoms with Gasteiger partial charge in [-0.2, -0.15) is 0 Å². The third kappa shape index (κ3) is 4.19. The van der Waals surface area contributed by atoms with Gasteiger partial charge in [0, 0.05) is 18.0 Å². The average Bonchev–Trinajstić information content (AvgIpc) is 2.62. The Labute approximate surface area is 150 Å². The summed E-state index contributed by atoms with van der Waals surface area (Å²) in [6.45, 7) is 6.34. The maximum Gasteiger partial charge on any atom is 0.229 e. The second-order valence-corrected chi connectivity index (χ2v) is 8.32. The molecule has 0 fully saturated rings. The number of aromatic nitrogens is 2. The third-order valence-electron chi connectivity index (χ3n) is 3.61. The van der Waals surface area contributed by atoms with Gasteiger partial charge in [0.1, 0.15) is 17.1 Å². The van der Waals surface area contributed by atoms with Gasteiger partial charge in [-0.3, -0.25) is 0 Å². The van der Waals surface area contributed by atoms with E-state index in [2.05, 4.69) is 23.1 Å². The van der Waals surface area contributed by atoms with Crippen LogP contribution in [0.25, 0.3) is 0 Å². The highest BCUT2D eigenvalue weighted by Crippen LogP contribution is 2.32. The van der Waals surface area contributed by atoms with E-state index in [4.69, 9.17) is 9.42 Å². The van der Waals surface area contributed by atoms with Crippen LogP contribution < -0.4 is 4.43 Å². The summed E-state index contributed by atoms with van der Waals surface area (Å²) >= 11 is 0. The molecule has 126 valence electrons. The van der Waals surface area contributed by atoms with Crippen molar-refractivity contribution in [1.29, 1.82) is 0 Å². The first-order valence-corrected chi connectivity index (χ1v) is 11.1. The van der Waals surface area contributed by atoms with Crippen LogP contribution in [0.1, 0.15) is 17.0 Å². The summed E-state index contributed by atoms with van der Waals surface area (Å²) in [4.78, 5) is 13.7. The van der Waals surface area contributed by atoms with Gasteiger partial charge in [-0.25, -0.2) is 15.0 Å². The van der Waals surface area contributed by atoms with Crippen LogP contribution in [0.3, 0.4) is 0 Å². The van der Waals surface area contributed by atoms with Gasteiger partial charge < -0.3 is 4.43 Å². The molecular formula is C20H21N3OSi. The summed E-state index contributed by atoms with van der Waals surface area (Å²) in [6.07, 6.45) is 3.47. The lowest BCUT2D eigenvalue weighted by Crippen LogP contribution is -2.12. The highest BCUT2D eigenvalue weighted by molar-refractivity contribution is 6.49. The van der Waals surface area contributed by atoms with Crippen LogP contribution in [-0.4, -0.2) is 24.7 Å². The molecule has 0 unspecified atom stereocenters. The molecule has 0 aliphatic heterocycles. The van der Waals surface area contributed by atoms with Crippen LogP contribution in [-0.2, 0) is 0 Å². The lowest BCUT2D eigenvalue weighted by Gasteiger charge is -2.15. The minimum atomic E-state index is -1.24. The van der Waals surface area contributed by atoms with Crippen LogP contribution in [0, 0.1) is 6.92 Å². The van der Waals surface area contributed by atoms with Crippen LogP contribution >= 0.6 is 0 Å². The Balaban J connectivity index is 2.18. The number of aryl methyl sites for hydroxylation is 1. The lowest BCUT2D eigenvalue weighted by molar-refractivity contribution is 0.581. The predicted octanol–water partition coefficient (Wildman–Crippen LogP) is 4.32. The summed E-state index contributed by atoms with van der Waals surface area (Å²) in [5.74, 6) is 1.43. The summed E-state index contributed by atoms with van der Waals surface area (Å²) < 4.78 is 6.09. The lowest BCUT2D eigenvalue weighted by atomic mass is 10.1.